The van der Waals surface area contributed by atoms with Crippen LogP contribution in [0.25, 0.3) is 22.3 Å². The van der Waals surface area contributed by atoms with E-state index in [9.17, 15) is 4.57 Å². The summed E-state index contributed by atoms with van der Waals surface area (Å²) < 4.78 is 50.1. The monoisotopic (exact) mass is 685 g/mol. The highest BCUT2D eigenvalue weighted by molar-refractivity contribution is 7.33. The minimum absolute atomic E-state index is 0.180. The molecule has 0 unspecified atom stereocenters. The summed E-state index contributed by atoms with van der Waals surface area (Å²) >= 11 is 0. The van der Waals surface area contributed by atoms with E-state index in [1.807, 2.05) is 9.13 Å². The number of anilines is 4. The highest BCUT2D eigenvalue weighted by Gasteiger charge is 2.47. The largest absolute Gasteiger partial charge is 0.702 e. The molecule has 19 nitrogen and oxygen atoms in total. The van der Waals surface area contributed by atoms with Gasteiger partial charge in [0.25, 0.3) is 0 Å². The first-order valence-electron chi connectivity index (χ1n) is 16.0. The van der Waals surface area contributed by atoms with Crippen molar-refractivity contribution < 1.29 is 32.6 Å². The molecule has 2 aliphatic carbocycles. The third kappa shape index (κ3) is 6.58. The minimum atomic E-state index is -2.46. The van der Waals surface area contributed by atoms with Crippen LogP contribution in [0.5, 0.6) is 0 Å². The van der Waals surface area contributed by atoms with E-state index in [0.29, 0.717) is 99.7 Å². The summed E-state index contributed by atoms with van der Waals surface area (Å²) in [7, 11) is -2.46. The van der Waals surface area contributed by atoms with Crippen LogP contribution >= 0.6 is 8.25 Å². The van der Waals surface area contributed by atoms with Crippen molar-refractivity contribution in [2.24, 2.45) is 0 Å². The number of ether oxygens (including phenoxy) is 4. The second-order valence-corrected chi connectivity index (χ2v) is 13.4. The molecule has 0 amide bonds. The average molecular weight is 686 g/mol. The van der Waals surface area contributed by atoms with Crippen LogP contribution in [0.3, 0.4) is 0 Å². The Morgan fingerprint density at radius 3 is 1.50 bits per heavy atom. The summed E-state index contributed by atoms with van der Waals surface area (Å²) in [6, 6.07) is 0. The summed E-state index contributed by atoms with van der Waals surface area (Å²) in [6.07, 6.45) is 6.68. The van der Waals surface area contributed by atoms with E-state index < -0.39 is 19.5 Å². The molecule has 4 aliphatic rings. The molecule has 2 saturated heterocycles. The Hall–Kier alpha value is -3.84. The van der Waals surface area contributed by atoms with Crippen molar-refractivity contribution in [3.8, 4) is 0 Å². The lowest BCUT2D eigenvalue weighted by Crippen LogP contribution is -2.37. The van der Waals surface area contributed by atoms with Gasteiger partial charge in [-0.05, 0) is 25.7 Å². The summed E-state index contributed by atoms with van der Waals surface area (Å²) in [5, 5.41) is 0. The predicted octanol–water partition coefficient (Wildman–Crippen LogP) is 1.21. The van der Waals surface area contributed by atoms with E-state index in [-0.39, 0.29) is 25.5 Å². The van der Waals surface area contributed by atoms with Crippen molar-refractivity contribution in [2.75, 3.05) is 87.5 Å². The lowest BCUT2D eigenvalue weighted by atomic mass is 10.3. The normalized spacial score (nSPS) is 20.1. The molecule has 0 bridgehead atoms. The van der Waals surface area contributed by atoms with E-state index >= 15 is 0 Å². The zero-order valence-electron chi connectivity index (χ0n) is 26.4. The molecule has 2 aliphatic heterocycles. The van der Waals surface area contributed by atoms with Gasteiger partial charge in [0.15, 0.2) is 34.0 Å². The highest BCUT2D eigenvalue weighted by Crippen LogP contribution is 2.44. The number of morpholine rings is 2. The van der Waals surface area contributed by atoms with E-state index in [1.54, 1.807) is 12.7 Å². The Morgan fingerprint density at radius 1 is 0.688 bits per heavy atom. The molecule has 4 fully saturated rings. The zero-order chi connectivity index (χ0) is 32.7. The van der Waals surface area contributed by atoms with Crippen LogP contribution in [-0.2, 0) is 45.6 Å². The van der Waals surface area contributed by atoms with Crippen molar-refractivity contribution in [3.05, 3.63) is 12.7 Å². The number of hydrogen-bond donors (Lipinski definition) is 2. The first-order chi connectivity index (χ1) is 23.4. The molecule has 48 heavy (non-hydrogen) atoms. The third-order valence-corrected chi connectivity index (χ3v) is 9.76. The van der Waals surface area contributed by atoms with Gasteiger partial charge in [-0.25, -0.2) is 9.97 Å². The smallest absolute Gasteiger partial charge is 0.378 e. The molecule has 4 N–H and O–H groups in total. The van der Waals surface area contributed by atoms with Crippen LogP contribution in [0.4, 0.5) is 23.5 Å². The van der Waals surface area contributed by atoms with Crippen molar-refractivity contribution >= 4 is 54.1 Å². The average Bonchev–Trinajstić information content (AvgIpc) is 3.97. The number of nitrogens with two attached hydrogens (primary N) is 2. The molecular formula is C28H38N12O7P+. The lowest BCUT2D eigenvalue weighted by molar-refractivity contribution is -0.0808. The fraction of sp³-hybridized carbons (Fsp3) is 0.643. The maximum Gasteiger partial charge on any atom is 0.702 e. The van der Waals surface area contributed by atoms with Crippen LogP contribution in [0.1, 0.15) is 25.7 Å². The minimum Gasteiger partial charge on any atom is -0.378 e. The second kappa shape index (κ2) is 12.9. The van der Waals surface area contributed by atoms with Crippen LogP contribution < -0.4 is 21.3 Å². The number of rotatable bonds is 14. The van der Waals surface area contributed by atoms with Crippen LogP contribution in [0.15, 0.2) is 12.7 Å². The van der Waals surface area contributed by atoms with Crippen molar-refractivity contribution in [3.63, 3.8) is 0 Å². The summed E-state index contributed by atoms with van der Waals surface area (Å²) in [5.41, 5.74) is 13.8. The first kappa shape index (κ1) is 31.4. The maximum atomic E-state index is 12.5. The second-order valence-electron chi connectivity index (χ2n) is 12.5. The van der Waals surface area contributed by atoms with Crippen LogP contribution in [0, 0.1) is 0 Å². The Kier molecular flexibility index (Phi) is 8.44. The topological polar surface area (TPSA) is 218 Å². The number of aromatic nitrogens is 8. The number of imidazole rings is 2. The zero-order valence-corrected chi connectivity index (χ0v) is 27.3. The number of hydrogen-bond acceptors (Lipinski definition) is 17. The molecular weight excluding hydrogens is 647 g/mol. The third-order valence-electron chi connectivity index (χ3n) is 9.13. The Bertz CT molecular complexity index is 1670. The molecule has 6 heterocycles. The summed E-state index contributed by atoms with van der Waals surface area (Å²) in [6.45, 7) is 5.88. The van der Waals surface area contributed by atoms with Gasteiger partial charge in [-0.3, -0.25) is 0 Å². The van der Waals surface area contributed by atoms with Crippen molar-refractivity contribution in [2.45, 2.75) is 50.0 Å². The molecule has 0 radical (unpaired) electrons. The van der Waals surface area contributed by atoms with E-state index in [1.165, 1.54) is 0 Å². The Morgan fingerprint density at radius 2 is 1.10 bits per heavy atom. The van der Waals surface area contributed by atoms with Gasteiger partial charge >= 0.3 is 8.25 Å². The Labute approximate surface area is 275 Å². The van der Waals surface area contributed by atoms with E-state index in [4.69, 9.17) is 39.5 Å². The molecule has 4 aromatic rings. The molecule has 20 heteroatoms. The van der Waals surface area contributed by atoms with E-state index in [2.05, 4.69) is 39.7 Å². The van der Waals surface area contributed by atoms with Gasteiger partial charge in [-0.15, -0.1) is 0 Å². The number of nitrogens with zero attached hydrogens (tertiary/aromatic N) is 10. The van der Waals surface area contributed by atoms with Crippen LogP contribution in [0.2, 0.25) is 0 Å². The van der Waals surface area contributed by atoms with Crippen molar-refractivity contribution in [1.29, 1.82) is 0 Å². The summed E-state index contributed by atoms with van der Waals surface area (Å²) in [4.78, 5) is 31.2. The summed E-state index contributed by atoms with van der Waals surface area (Å²) in [5.74, 6) is 1.76. The van der Waals surface area contributed by atoms with Gasteiger partial charge < -0.3 is 49.3 Å². The molecule has 4 aromatic heterocycles. The molecule has 2 saturated carbocycles. The molecule has 0 aromatic carbocycles. The first-order valence-corrected chi connectivity index (χ1v) is 17.1. The van der Waals surface area contributed by atoms with Gasteiger partial charge in [-0.1, -0.05) is 9.05 Å². The fourth-order valence-corrected chi connectivity index (χ4v) is 6.49. The standard InChI is InChI=1S/C28H38N12O7P/c29-25-33-21(37-5-9-42-10-6-37)19-23(35-25)39(15-31-19)13-27(1-2-27)44-17-46-48(41)47-18-45-28(3-4-28)14-40-16-32-20-22(34-26(30)36-24(20)40)38-7-11-43-12-8-38/h15-16H,1-14,17-18H2,(H2,29,33,35)(H2,30,34,36)/q+1. The molecule has 8 rings (SSSR count). The molecule has 0 spiro atoms. The quantitative estimate of drug-likeness (QED) is 0.141. The molecule has 0 atom stereocenters. The van der Waals surface area contributed by atoms with Gasteiger partial charge in [0, 0.05) is 30.7 Å². The van der Waals surface area contributed by atoms with E-state index in [0.717, 1.165) is 25.7 Å². The van der Waals surface area contributed by atoms with Crippen molar-refractivity contribution in [1.82, 2.24) is 39.0 Å². The SMILES string of the molecule is Nc1nc(N2CCOCC2)c2ncn(CC3(OCO[P+](=O)OCOC4(Cn5cnc6c(N7CCOCC7)nc(N)nc65)CC4)CC3)c2n1. The van der Waals surface area contributed by atoms with Gasteiger partial charge in [0.2, 0.25) is 25.5 Å². The van der Waals surface area contributed by atoms with Gasteiger partial charge in [0.1, 0.15) is 0 Å². The maximum absolute atomic E-state index is 12.5. The fourth-order valence-electron chi connectivity index (χ4n) is 6.14. The van der Waals surface area contributed by atoms with Gasteiger partial charge in [0.05, 0.1) is 63.4 Å². The highest BCUT2D eigenvalue weighted by atomic mass is 31.1. The Balaban J connectivity index is 0.821. The number of fused-ring (bicyclic) bond motifs is 2. The number of nitrogen functional groups attached to an aromatic ring is 2. The predicted molar refractivity (Wildman–Crippen MR) is 171 cm³/mol. The lowest BCUT2D eigenvalue weighted by Gasteiger charge is -2.27. The molecule has 256 valence electrons. The van der Waals surface area contributed by atoms with Crippen LogP contribution in [-0.4, -0.2) is 116 Å². The van der Waals surface area contributed by atoms with Gasteiger partial charge in [-0.2, -0.15) is 19.9 Å².